The van der Waals surface area contributed by atoms with Gasteiger partial charge < -0.3 is 10.1 Å². The van der Waals surface area contributed by atoms with E-state index in [4.69, 9.17) is 4.74 Å². The predicted molar refractivity (Wildman–Crippen MR) is 70.2 cm³/mol. The van der Waals surface area contributed by atoms with Crippen LogP contribution in [0.4, 0.5) is 0 Å². The number of piperidine rings is 1. The fourth-order valence-electron chi connectivity index (χ4n) is 3.02. The van der Waals surface area contributed by atoms with E-state index in [1.807, 2.05) is 18.5 Å². The molecule has 1 aromatic heterocycles. The van der Waals surface area contributed by atoms with Crippen LogP contribution in [-0.4, -0.2) is 48.8 Å². The molecule has 1 aromatic rings. The van der Waals surface area contributed by atoms with E-state index in [-0.39, 0.29) is 0 Å². The Kier molecular flexibility index (Phi) is 3.88. The minimum absolute atomic E-state index is 0.612. The lowest BCUT2D eigenvalue weighted by atomic mass is 9.92. The van der Waals surface area contributed by atoms with E-state index in [1.54, 1.807) is 0 Å². The molecule has 4 nitrogen and oxygen atoms in total. The Balaban J connectivity index is 1.72. The molecular weight excluding hydrogens is 226 g/mol. The summed E-state index contributed by atoms with van der Waals surface area (Å²) in [7, 11) is 0. The van der Waals surface area contributed by atoms with Crippen LogP contribution in [-0.2, 0) is 11.3 Å². The molecule has 18 heavy (non-hydrogen) atoms. The number of ether oxygens (including phenoxy) is 1. The van der Waals surface area contributed by atoms with Gasteiger partial charge in [0.1, 0.15) is 0 Å². The van der Waals surface area contributed by atoms with E-state index in [0.29, 0.717) is 12.0 Å². The van der Waals surface area contributed by atoms with Gasteiger partial charge in [-0.25, -0.2) is 0 Å². The van der Waals surface area contributed by atoms with Crippen LogP contribution in [0.1, 0.15) is 12.0 Å². The average molecular weight is 247 g/mol. The van der Waals surface area contributed by atoms with Crippen molar-refractivity contribution < 1.29 is 4.74 Å². The lowest BCUT2D eigenvalue weighted by molar-refractivity contribution is 0.0991. The molecule has 2 aliphatic rings. The highest BCUT2D eigenvalue weighted by Crippen LogP contribution is 2.22. The van der Waals surface area contributed by atoms with E-state index >= 15 is 0 Å². The van der Waals surface area contributed by atoms with Crippen molar-refractivity contribution in [2.45, 2.75) is 19.0 Å². The lowest BCUT2D eigenvalue weighted by Crippen LogP contribution is -2.51. The molecule has 0 bridgehead atoms. The van der Waals surface area contributed by atoms with Crippen molar-refractivity contribution in [2.24, 2.45) is 5.92 Å². The molecule has 98 valence electrons. The third-order valence-electron chi connectivity index (χ3n) is 4.02. The summed E-state index contributed by atoms with van der Waals surface area (Å²) in [4.78, 5) is 6.76. The molecule has 2 atom stereocenters. The number of nitrogens with zero attached hydrogens (tertiary/aromatic N) is 2. The number of nitrogens with one attached hydrogen (secondary N) is 1. The molecule has 0 radical (unpaired) electrons. The highest BCUT2D eigenvalue weighted by molar-refractivity contribution is 5.09. The zero-order chi connectivity index (χ0) is 12.2. The van der Waals surface area contributed by atoms with Gasteiger partial charge in [0.25, 0.3) is 0 Å². The molecule has 0 aliphatic carbocycles. The average Bonchev–Trinajstić information content (AvgIpc) is 2.63. The van der Waals surface area contributed by atoms with Gasteiger partial charge in [-0.2, -0.15) is 0 Å². The van der Waals surface area contributed by atoms with Crippen LogP contribution in [0.15, 0.2) is 24.5 Å². The first-order valence-electron chi connectivity index (χ1n) is 6.85. The lowest BCUT2D eigenvalue weighted by Gasteiger charge is -2.37. The Morgan fingerprint density at radius 3 is 3.39 bits per heavy atom. The number of aromatic nitrogens is 1. The molecule has 0 aromatic carbocycles. The molecule has 0 unspecified atom stereocenters. The third-order valence-corrected chi connectivity index (χ3v) is 4.02. The zero-order valence-electron chi connectivity index (χ0n) is 10.7. The molecule has 0 amide bonds. The summed E-state index contributed by atoms with van der Waals surface area (Å²) in [6, 6.07) is 4.78. The molecule has 0 saturated carbocycles. The van der Waals surface area contributed by atoms with Crippen molar-refractivity contribution in [3.8, 4) is 0 Å². The SMILES string of the molecule is c1cncc(CN2CCOC[C@@H]3CCNC[C@@H]32)c1. The van der Waals surface area contributed by atoms with E-state index < -0.39 is 0 Å². The normalized spacial score (nSPS) is 29.6. The highest BCUT2D eigenvalue weighted by Gasteiger charge is 2.32. The van der Waals surface area contributed by atoms with E-state index in [2.05, 4.69) is 21.3 Å². The van der Waals surface area contributed by atoms with Crippen molar-refractivity contribution in [1.82, 2.24) is 15.2 Å². The van der Waals surface area contributed by atoms with Gasteiger partial charge in [0.05, 0.1) is 13.2 Å². The Hall–Kier alpha value is -0.970. The van der Waals surface area contributed by atoms with Crippen LogP contribution in [0, 0.1) is 5.92 Å². The second-order valence-corrected chi connectivity index (χ2v) is 5.23. The van der Waals surface area contributed by atoms with E-state index in [0.717, 1.165) is 39.4 Å². The van der Waals surface area contributed by atoms with Crippen LogP contribution in [0.5, 0.6) is 0 Å². The summed E-state index contributed by atoms with van der Waals surface area (Å²) >= 11 is 0. The maximum absolute atomic E-state index is 5.75. The number of fused-ring (bicyclic) bond motifs is 1. The summed E-state index contributed by atoms with van der Waals surface area (Å²) in [5, 5.41) is 3.51. The molecule has 2 fully saturated rings. The third kappa shape index (κ3) is 2.71. The smallest absolute Gasteiger partial charge is 0.0593 e. The Morgan fingerprint density at radius 1 is 1.50 bits per heavy atom. The van der Waals surface area contributed by atoms with Crippen LogP contribution >= 0.6 is 0 Å². The first-order chi connectivity index (χ1) is 8.93. The summed E-state index contributed by atoms with van der Waals surface area (Å²) in [5.74, 6) is 0.686. The topological polar surface area (TPSA) is 37.4 Å². The quantitative estimate of drug-likeness (QED) is 0.842. The Labute approximate surface area is 108 Å². The summed E-state index contributed by atoms with van der Waals surface area (Å²) in [6.45, 7) is 6.01. The zero-order valence-corrected chi connectivity index (χ0v) is 10.7. The van der Waals surface area contributed by atoms with Crippen molar-refractivity contribution in [3.05, 3.63) is 30.1 Å². The van der Waals surface area contributed by atoms with E-state index in [9.17, 15) is 0 Å². The van der Waals surface area contributed by atoms with E-state index in [1.165, 1.54) is 12.0 Å². The summed E-state index contributed by atoms with van der Waals surface area (Å²) < 4.78 is 5.75. The van der Waals surface area contributed by atoms with Crippen LogP contribution in [0.25, 0.3) is 0 Å². The molecule has 1 N–H and O–H groups in total. The molecule has 4 heteroatoms. The predicted octanol–water partition coefficient (Wildman–Crippen LogP) is 0.892. The van der Waals surface area contributed by atoms with Gasteiger partial charge in [-0.3, -0.25) is 9.88 Å². The second kappa shape index (κ2) is 5.78. The van der Waals surface area contributed by atoms with Crippen molar-refractivity contribution >= 4 is 0 Å². The van der Waals surface area contributed by atoms with Gasteiger partial charge in [-0.05, 0) is 24.6 Å². The maximum Gasteiger partial charge on any atom is 0.0593 e. The van der Waals surface area contributed by atoms with Gasteiger partial charge in [0, 0.05) is 44.0 Å². The first kappa shape index (κ1) is 12.1. The van der Waals surface area contributed by atoms with Gasteiger partial charge in [-0.15, -0.1) is 0 Å². The van der Waals surface area contributed by atoms with Crippen molar-refractivity contribution in [3.63, 3.8) is 0 Å². The summed E-state index contributed by atoms with van der Waals surface area (Å²) in [6.07, 6.45) is 5.03. The fraction of sp³-hybridized carbons (Fsp3) is 0.643. The standard InChI is InChI=1S/C14H21N3O/c1-2-12(8-15-4-1)10-17-6-7-18-11-13-3-5-16-9-14(13)17/h1-2,4,8,13-14,16H,3,5-7,9-11H2/t13-,14-/m0/s1. The molecule has 3 heterocycles. The fourth-order valence-corrected chi connectivity index (χ4v) is 3.02. The van der Waals surface area contributed by atoms with Gasteiger partial charge in [-0.1, -0.05) is 6.07 Å². The Bertz CT molecular complexity index is 371. The molecular formula is C14H21N3O. The van der Waals surface area contributed by atoms with Crippen LogP contribution in [0.3, 0.4) is 0 Å². The van der Waals surface area contributed by atoms with Gasteiger partial charge in [0.15, 0.2) is 0 Å². The summed E-state index contributed by atoms with van der Waals surface area (Å²) in [5.41, 5.74) is 1.30. The monoisotopic (exact) mass is 247 g/mol. The number of rotatable bonds is 2. The highest BCUT2D eigenvalue weighted by atomic mass is 16.5. The maximum atomic E-state index is 5.75. The number of hydrogen-bond acceptors (Lipinski definition) is 4. The van der Waals surface area contributed by atoms with Crippen LogP contribution < -0.4 is 5.32 Å². The second-order valence-electron chi connectivity index (χ2n) is 5.23. The minimum atomic E-state index is 0.612. The van der Waals surface area contributed by atoms with Gasteiger partial charge in [0.2, 0.25) is 0 Å². The molecule has 0 spiro atoms. The van der Waals surface area contributed by atoms with Crippen LogP contribution in [0.2, 0.25) is 0 Å². The number of hydrogen-bond donors (Lipinski definition) is 1. The first-order valence-corrected chi connectivity index (χ1v) is 6.85. The molecule has 2 saturated heterocycles. The largest absolute Gasteiger partial charge is 0.380 e. The molecule has 3 rings (SSSR count). The minimum Gasteiger partial charge on any atom is -0.380 e. The van der Waals surface area contributed by atoms with Crippen molar-refractivity contribution in [1.29, 1.82) is 0 Å². The Morgan fingerprint density at radius 2 is 2.50 bits per heavy atom. The number of pyridine rings is 1. The van der Waals surface area contributed by atoms with Crippen molar-refractivity contribution in [2.75, 3.05) is 32.8 Å². The van der Waals surface area contributed by atoms with Gasteiger partial charge >= 0.3 is 0 Å². The molecule has 2 aliphatic heterocycles.